The molecule has 0 radical (unpaired) electrons. The number of nitrogens with one attached hydrogen (secondary N) is 3. The predicted molar refractivity (Wildman–Crippen MR) is 113 cm³/mol. The summed E-state index contributed by atoms with van der Waals surface area (Å²) in [4.78, 5) is 37.8. The van der Waals surface area contributed by atoms with Crippen LogP contribution in [0.5, 0.6) is 0 Å². The Morgan fingerprint density at radius 3 is 2.34 bits per heavy atom. The van der Waals surface area contributed by atoms with Crippen molar-refractivity contribution in [3.63, 3.8) is 0 Å². The van der Waals surface area contributed by atoms with E-state index < -0.39 is 0 Å². The molecule has 2 aromatic carbocycles. The maximum absolute atomic E-state index is 12.4. The van der Waals surface area contributed by atoms with Gasteiger partial charge in [0, 0.05) is 29.4 Å². The molecular formula is C22H26N4O3. The molecule has 0 unspecified atom stereocenters. The second kappa shape index (κ2) is 9.34. The maximum Gasteiger partial charge on any atom is 0.251 e. The van der Waals surface area contributed by atoms with Crippen molar-refractivity contribution in [1.29, 1.82) is 0 Å². The van der Waals surface area contributed by atoms with Gasteiger partial charge in [-0.25, -0.2) is 0 Å². The lowest BCUT2D eigenvalue weighted by atomic mass is 10.1. The number of benzene rings is 2. The third kappa shape index (κ3) is 6.43. The highest BCUT2D eigenvalue weighted by Gasteiger charge is 2.29. The van der Waals surface area contributed by atoms with Crippen molar-refractivity contribution in [2.45, 2.75) is 19.4 Å². The molecule has 1 fully saturated rings. The molecule has 0 atom stereocenters. The third-order valence-corrected chi connectivity index (χ3v) is 4.49. The molecule has 2 aromatic rings. The van der Waals surface area contributed by atoms with Crippen LogP contribution in [0.3, 0.4) is 0 Å². The van der Waals surface area contributed by atoms with Crippen molar-refractivity contribution >= 4 is 29.1 Å². The molecule has 152 valence electrons. The fraction of sp³-hybridized carbons (Fsp3) is 0.318. The van der Waals surface area contributed by atoms with Crippen LogP contribution < -0.4 is 16.0 Å². The molecule has 0 saturated heterocycles. The monoisotopic (exact) mass is 394 g/mol. The first kappa shape index (κ1) is 20.5. The summed E-state index contributed by atoms with van der Waals surface area (Å²) in [6.07, 6.45) is 1.90. The minimum atomic E-state index is -0.202. The first-order valence-electron chi connectivity index (χ1n) is 9.63. The zero-order valence-corrected chi connectivity index (χ0v) is 16.7. The first-order chi connectivity index (χ1) is 13.9. The van der Waals surface area contributed by atoms with Gasteiger partial charge in [0.15, 0.2) is 0 Å². The van der Waals surface area contributed by atoms with Gasteiger partial charge < -0.3 is 20.9 Å². The number of rotatable bonds is 8. The summed E-state index contributed by atoms with van der Waals surface area (Å²) in [7, 11) is 3.66. The lowest BCUT2D eigenvalue weighted by Crippen LogP contribution is -2.27. The van der Waals surface area contributed by atoms with Gasteiger partial charge in [-0.05, 0) is 68.9 Å². The standard InChI is InChI=1S/C22H26N4O3/c1-26(2)14-20(27)24-19-5-3-4-15(12-19)13-23-21(28)16-8-10-18(11-9-16)25-22(29)17-6-7-17/h3-5,8-12,17H,6-7,13-14H2,1-2H3,(H,23,28)(H,24,27)(H,25,29). The van der Waals surface area contributed by atoms with E-state index in [0.29, 0.717) is 30.0 Å². The normalized spacial score (nSPS) is 13.1. The Kier molecular flexibility index (Phi) is 6.61. The van der Waals surface area contributed by atoms with Crippen LogP contribution in [0.1, 0.15) is 28.8 Å². The number of carbonyl (C=O) groups is 3. The Bertz CT molecular complexity index is 889. The summed E-state index contributed by atoms with van der Waals surface area (Å²) in [6.45, 7) is 0.647. The number of nitrogens with zero attached hydrogens (tertiary/aromatic N) is 1. The Morgan fingerprint density at radius 1 is 0.966 bits per heavy atom. The second-order valence-electron chi connectivity index (χ2n) is 7.51. The molecule has 0 aliphatic heterocycles. The topological polar surface area (TPSA) is 90.5 Å². The molecule has 7 nitrogen and oxygen atoms in total. The SMILES string of the molecule is CN(C)CC(=O)Nc1cccc(CNC(=O)c2ccc(NC(=O)C3CC3)cc2)c1. The Morgan fingerprint density at radius 2 is 1.69 bits per heavy atom. The molecular weight excluding hydrogens is 368 g/mol. The van der Waals surface area contributed by atoms with Gasteiger partial charge in [0.1, 0.15) is 0 Å². The Hall–Kier alpha value is -3.19. The zero-order chi connectivity index (χ0) is 20.8. The number of hydrogen-bond acceptors (Lipinski definition) is 4. The largest absolute Gasteiger partial charge is 0.348 e. The van der Waals surface area contributed by atoms with Crippen molar-refractivity contribution in [1.82, 2.24) is 10.2 Å². The second-order valence-corrected chi connectivity index (χ2v) is 7.51. The van der Waals surface area contributed by atoms with Crippen LogP contribution in [0.15, 0.2) is 48.5 Å². The molecule has 29 heavy (non-hydrogen) atoms. The smallest absolute Gasteiger partial charge is 0.251 e. The third-order valence-electron chi connectivity index (χ3n) is 4.49. The van der Waals surface area contributed by atoms with E-state index in [0.717, 1.165) is 18.4 Å². The van der Waals surface area contributed by atoms with Crippen LogP contribution in [-0.2, 0) is 16.1 Å². The van der Waals surface area contributed by atoms with Crippen LogP contribution in [0.25, 0.3) is 0 Å². The van der Waals surface area contributed by atoms with E-state index in [1.165, 1.54) is 0 Å². The van der Waals surface area contributed by atoms with Crippen molar-refractivity contribution < 1.29 is 14.4 Å². The van der Waals surface area contributed by atoms with Crippen molar-refractivity contribution in [2.24, 2.45) is 5.92 Å². The summed E-state index contributed by atoms with van der Waals surface area (Å²) in [5.74, 6) is -0.113. The van der Waals surface area contributed by atoms with Gasteiger partial charge in [0.2, 0.25) is 11.8 Å². The summed E-state index contributed by atoms with van der Waals surface area (Å²) < 4.78 is 0. The minimum Gasteiger partial charge on any atom is -0.348 e. The van der Waals surface area contributed by atoms with Gasteiger partial charge in [-0.3, -0.25) is 14.4 Å². The van der Waals surface area contributed by atoms with E-state index in [4.69, 9.17) is 0 Å². The Labute approximate surface area is 170 Å². The number of amides is 3. The van der Waals surface area contributed by atoms with Gasteiger partial charge in [0.25, 0.3) is 5.91 Å². The van der Waals surface area contributed by atoms with Gasteiger partial charge >= 0.3 is 0 Å². The van der Waals surface area contributed by atoms with Crippen LogP contribution in [0.2, 0.25) is 0 Å². The van der Waals surface area contributed by atoms with Gasteiger partial charge in [-0.1, -0.05) is 12.1 Å². The fourth-order valence-electron chi connectivity index (χ4n) is 2.83. The van der Waals surface area contributed by atoms with Crippen molar-refractivity contribution in [3.05, 3.63) is 59.7 Å². The van der Waals surface area contributed by atoms with Crippen molar-refractivity contribution in [2.75, 3.05) is 31.3 Å². The molecule has 3 rings (SSSR count). The molecule has 0 spiro atoms. The van der Waals surface area contributed by atoms with Crippen LogP contribution in [0, 0.1) is 5.92 Å². The highest BCUT2D eigenvalue weighted by Crippen LogP contribution is 2.30. The first-order valence-corrected chi connectivity index (χ1v) is 9.63. The minimum absolute atomic E-state index is 0.0414. The predicted octanol–water partition coefficient (Wildman–Crippen LogP) is 2.47. The zero-order valence-electron chi connectivity index (χ0n) is 16.7. The molecule has 3 amide bonds. The quantitative estimate of drug-likeness (QED) is 0.642. The van der Waals surface area contributed by atoms with Crippen LogP contribution in [0.4, 0.5) is 11.4 Å². The highest BCUT2D eigenvalue weighted by molar-refractivity contribution is 5.97. The molecule has 0 heterocycles. The lowest BCUT2D eigenvalue weighted by Gasteiger charge is -2.11. The summed E-state index contributed by atoms with van der Waals surface area (Å²) in [5, 5.41) is 8.56. The molecule has 1 aliphatic rings. The molecule has 7 heteroatoms. The molecule has 0 aromatic heterocycles. The number of hydrogen-bond donors (Lipinski definition) is 3. The molecule has 1 aliphatic carbocycles. The van der Waals surface area contributed by atoms with Gasteiger partial charge in [0.05, 0.1) is 6.54 Å². The fourth-order valence-corrected chi connectivity index (χ4v) is 2.83. The number of likely N-dealkylation sites (N-methyl/N-ethyl adjacent to an activating group) is 1. The highest BCUT2D eigenvalue weighted by atomic mass is 16.2. The summed E-state index contributed by atoms with van der Waals surface area (Å²) >= 11 is 0. The van der Waals surface area contributed by atoms with E-state index in [-0.39, 0.29) is 23.6 Å². The van der Waals surface area contributed by atoms with E-state index >= 15 is 0 Å². The summed E-state index contributed by atoms with van der Waals surface area (Å²) in [6, 6.07) is 14.2. The average molecular weight is 394 g/mol. The van der Waals surface area contributed by atoms with E-state index in [1.54, 1.807) is 29.2 Å². The van der Waals surface area contributed by atoms with Crippen molar-refractivity contribution in [3.8, 4) is 0 Å². The molecule has 1 saturated carbocycles. The maximum atomic E-state index is 12.4. The van der Waals surface area contributed by atoms with E-state index in [1.807, 2.05) is 38.4 Å². The van der Waals surface area contributed by atoms with Gasteiger partial charge in [-0.2, -0.15) is 0 Å². The lowest BCUT2D eigenvalue weighted by molar-refractivity contribution is -0.117. The van der Waals surface area contributed by atoms with E-state index in [9.17, 15) is 14.4 Å². The number of anilines is 2. The van der Waals surface area contributed by atoms with Gasteiger partial charge in [-0.15, -0.1) is 0 Å². The number of carbonyl (C=O) groups excluding carboxylic acids is 3. The molecule has 3 N–H and O–H groups in total. The Balaban J connectivity index is 1.51. The average Bonchev–Trinajstić information content (AvgIpc) is 3.51. The summed E-state index contributed by atoms with van der Waals surface area (Å²) in [5.41, 5.74) is 2.79. The van der Waals surface area contributed by atoms with Crippen LogP contribution >= 0.6 is 0 Å². The molecule has 0 bridgehead atoms. The van der Waals surface area contributed by atoms with E-state index in [2.05, 4.69) is 16.0 Å². The van der Waals surface area contributed by atoms with Crippen LogP contribution in [-0.4, -0.2) is 43.3 Å².